The van der Waals surface area contributed by atoms with Crippen LogP contribution >= 0.6 is 11.3 Å². The number of carbonyl (C=O) groups is 2. The smallest absolute Gasteiger partial charge is 0.197 e. The molecule has 1 aromatic heterocycles. The number of carbonyl (C=O) groups excluding carboxylic acids is 2. The minimum atomic E-state index is -0.729. The van der Waals surface area contributed by atoms with E-state index in [4.69, 9.17) is 0 Å². The molecule has 1 spiro atoms. The Morgan fingerprint density at radius 1 is 0.667 bits per heavy atom. The molecular formula is C43H28N2O2S. The van der Waals surface area contributed by atoms with Crippen LogP contribution in [0, 0.1) is 32.1 Å². The van der Waals surface area contributed by atoms with Crippen LogP contribution in [0.4, 0.5) is 16.4 Å². The second-order valence-corrected chi connectivity index (χ2v) is 14.0. The summed E-state index contributed by atoms with van der Waals surface area (Å²) in [4.78, 5) is 30.3. The van der Waals surface area contributed by atoms with Crippen LogP contribution in [0.25, 0.3) is 17.2 Å². The van der Waals surface area contributed by atoms with E-state index in [1.165, 1.54) is 5.56 Å². The van der Waals surface area contributed by atoms with Gasteiger partial charge in [0.2, 0.25) is 0 Å². The predicted octanol–water partition coefficient (Wildman–Crippen LogP) is 10.2. The van der Waals surface area contributed by atoms with Crippen LogP contribution in [0.15, 0.2) is 115 Å². The van der Waals surface area contributed by atoms with Crippen LogP contribution in [0.2, 0.25) is 0 Å². The molecule has 4 nitrogen and oxygen atoms in total. The maximum absolute atomic E-state index is 13.6. The van der Waals surface area contributed by atoms with Gasteiger partial charge in [0.15, 0.2) is 11.6 Å². The fourth-order valence-electron chi connectivity index (χ4n) is 8.37. The summed E-state index contributed by atoms with van der Waals surface area (Å²) in [6, 6.07) is 39.2. The van der Waals surface area contributed by atoms with Gasteiger partial charge in [0.25, 0.3) is 0 Å². The molecule has 48 heavy (non-hydrogen) atoms. The average Bonchev–Trinajstić information content (AvgIpc) is 3.72. The van der Waals surface area contributed by atoms with Crippen LogP contribution in [0.3, 0.4) is 0 Å². The zero-order valence-electron chi connectivity index (χ0n) is 26.6. The predicted molar refractivity (Wildman–Crippen MR) is 192 cm³/mol. The standard InChI is InChI=1S/C43H28N2O2S/c1-24-18-25(2)39(26(3)19-24)45-38-17-16-27(23-44)20-36(38)43(34-14-8-6-10-29(34)30-11-7-9-15-35(30)43)37-22-28(48-42(37)45)21-33-40(46)31-12-4-5-13-32(31)41(33)47/h4-22H,1-3H3. The lowest BCUT2D eigenvalue weighted by Crippen LogP contribution is -2.35. The van der Waals surface area contributed by atoms with Crippen molar-refractivity contribution in [3.8, 4) is 17.2 Å². The van der Waals surface area contributed by atoms with Gasteiger partial charge in [0, 0.05) is 21.6 Å². The minimum absolute atomic E-state index is 0.189. The number of anilines is 3. The van der Waals surface area contributed by atoms with Crippen molar-refractivity contribution in [1.82, 2.24) is 0 Å². The molecule has 228 valence electrons. The maximum Gasteiger partial charge on any atom is 0.197 e. The van der Waals surface area contributed by atoms with Crippen LogP contribution in [0.5, 0.6) is 0 Å². The Kier molecular flexibility index (Phi) is 5.97. The van der Waals surface area contributed by atoms with Gasteiger partial charge in [-0.25, -0.2) is 0 Å². The SMILES string of the molecule is Cc1cc(C)c(N2c3ccc(C#N)cc3C3(c4ccccc4-c4ccccc43)c3cc(C=C4C(=O)c5ccccc5C4=O)sc32)c(C)c1. The lowest BCUT2D eigenvalue weighted by atomic mass is 9.65. The molecule has 0 saturated heterocycles. The van der Waals surface area contributed by atoms with Crippen LogP contribution in [0.1, 0.15) is 70.1 Å². The number of rotatable bonds is 2. The number of fused-ring (bicyclic) bond motifs is 10. The van der Waals surface area contributed by atoms with E-state index in [2.05, 4.69) is 111 Å². The Bertz CT molecular complexity index is 2400. The molecule has 0 bridgehead atoms. The lowest BCUT2D eigenvalue weighted by Gasteiger charge is -2.44. The van der Waals surface area contributed by atoms with Gasteiger partial charge >= 0.3 is 0 Å². The number of nitrogens with zero attached hydrogens (tertiary/aromatic N) is 2. The number of aryl methyl sites for hydroxylation is 3. The van der Waals surface area contributed by atoms with Crippen molar-refractivity contribution >= 4 is 45.4 Å². The Labute approximate surface area is 282 Å². The summed E-state index contributed by atoms with van der Waals surface area (Å²) in [5.41, 5.74) is 13.2. The molecule has 9 rings (SSSR count). The fourth-order valence-corrected chi connectivity index (χ4v) is 9.55. The molecule has 3 aliphatic rings. The van der Waals surface area contributed by atoms with E-state index in [0.29, 0.717) is 16.7 Å². The zero-order chi connectivity index (χ0) is 32.9. The van der Waals surface area contributed by atoms with E-state index in [0.717, 1.165) is 65.8 Å². The first kappa shape index (κ1) is 28.4. The molecule has 5 aromatic carbocycles. The van der Waals surface area contributed by atoms with Gasteiger partial charge in [-0.2, -0.15) is 5.26 Å². The first-order valence-electron chi connectivity index (χ1n) is 16.0. The number of benzene rings is 5. The van der Waals surface area contributed by atoms with Gasteiger partial charge in [-0.1, -0.05) is 90.5 Å². The fraction of sp³-hybridized carbons (Fsp3) is 0.0930. The van der Waals surface area contributed by atoms with E-state index >= 15 is 0 Å². The molecule has 0 amide bonds. The molecule has 0 fully saturated rings. The molecular weight excluding hydrogens is 609 g/mol. The van der Waals surface area contributed by atoms with Crippen molar-refractivity contribution < 1.29 is 9.59 Å². The Balaban J connectivity index is 1.41. The molecule has 1 aliphatic heterocycles. The maximum atomic E-state index is 13.6. The molecule has 0 unspecified atom stereocenters. The monoisotopic (exact) mass is 636 g/mol. The highest BCUT2D eigenvalue weighted by molar-refractivity contribution is 7.17. The number of hydrogen-bond acceptors (Lipinski definition) is 5. The van der Waals surface area contributed by atoms with Gasteiger partial charge in [0.1, 0.15) is 5.00 Å². The van der Waals surface area contributed by atoms with Crippen LogP contribution < -0.4 is 4.90 Å². The molecule has 6 aromatic rings. The van der Waals surface area contributed by atoms with Gasteiger partial charge in [-0.3, -0.25) is 9.59 Å². The van der Waals surface area contributed by atoms with Gasteiger partial charge in [0.05, 0.1) is 34.0 Å². The highest BCUT2D eigenvalue weighted by Gasteiger charge is 2.53. The van der Waals surface area contributed by atoms with Crippen molar-refractivity contribution in [3.63, 3.8) is 0 Å². The first-order chi connectivity index (χ1) is 23.3. The van der Waals surface area contributed by atoms with E-state index in [1.807, 2.05) is 6.07 Å². The molecule has 2 aliphatic carbocycles. The molecule has 0 radical (unpaired) electrons. The second-order valence-electron chi connectivity index (χ2n) is 12.9. The second kappa shape index (κ2) is 10.1. The third-order valence-electron chi connectivity index (χ3n) is 10.1. The number of Topliss-reactive ketones (excluding diaryl/α,β-unsaturated/α-hetero) is 2. The van der Waals surface area contributed by atoms with Crippen molar-refractivity contribution in [2.75, 3.05) is 4.90 Å². The molecule has 0 saturated carbocycles. The summed E-state index contributed by atoms with van der Waals surface area (Å²) in [6.45, 7) is 6.40. The summed E-state index contributed by atoms with van der Waals surface area (Å²) >= 11 is 1.59. The Hall–Kier alpha value is -5.83. The number of thiophene rings is 1. The van der Waals surface area contributed by atoms with Crippen molar-refractivity contribution in [2.45, 2.75) is 26.2 Å². The highest BCUT2D eigenvalue weighted by atomic mass is 32.1. The van der Waals surface area contributed by atoms with Crippen molar-refractivity contribution in [2.24, 2.45) is 0 Å². The number of nitriles is 1. The van der Waals surface area contributed by atoms with E-state index in [9.17, 15) is 14.9 Å². The molecule has 0 atom stereocenters. The average molecular weight is 637 g/mol. The number of hydrogen-bond donors (Lipinski definition) is 0. The van der Waals surface area contributed by atoms with Crippen LogP contribution in [-0.2, 0) is 5.41 Å². The molecule has 0 N–H and O–H groups in total. The van der Waals surface area contributed by atoms with E-state index in [1.54, 1.807) is 41.7 Å². The van der Waals surface area contributed by atoms with Crippen molar-refractivity contribution in [1.29, 1.82) is 5.26 Å². The lowest BCUT2D eigenvalue weighted by molar-refractivity contribution is 0.0990. The van der Waals surface area contributed by atoms with Gasteiger partial charge in [-0.05, 0) is 90.1 Å². The Morgan fingerprint density at radius 2 is 1.23 bits per heavy atom. The van der Waals surface area contributed by atoms with Gasteiger partial charge in [-0.15, -0.1) is 11.3 Å². The Morgan fingerprint density at radius 3 is 1.81 bits per heavy atom. The molecule has 5 heteroatoms. The van der Waals surface area contributed by atoms with Gasteiger partial charge < -0.3 is 4.90 Å². The summed E-state index contributed by atoms with van der Waals surface area (Å²) in [6.07, 6.45) is 1.78. The third-order valence-corrected chi connectivity index (χ3v) is 11.2. The third kappa shape index (κ3) is 3.64. The number of ketones is 2. The van der Waals surface area contributed by atoms with E-state index < -0.39 is 5.41 Å². The first-order valence-corrected chi connectivity index (χ1v) is 16.8. The van der Waals surface area contributed by atoms with E-state index in [-0.39, 0.29) is 17.1 Å². The normalized spacial score (nSPS) is 14.7. The van der Waals surface area contributed by atoms with Crippen molar-refractivity contribution in [3.05, 3.63) is 175 Å². The molecule has 2 heterocycles. The topological polar surface area (TPSA) is 61.2 Å². The minimum Gasteiger partial charge on any atom is -0.301 e. The number of allylic oxidation sites excluding steroid dienone is 1. The quantitative estimate of drug-likeness (QED) is 0.140. The summed E-state index contributed by atoms with van der Waals surface area (Å²) in [5.74, 6) is -0.477. The zero-order valence-corrected chi connectivity index (χ0v) is 27.4. The summed E-state index contributed by atoms with van der Waals surface area (Å²) < 4.78 is 0. The summed E-state index contributed by atoms with van der Waals surface area (Å²) in [5, 5.41) is 11.2. The summed E-state index contributed by atoms with van der Waals surface area (Å²) in [7, 11) is 0. The highest BCUT2D eigenvalue weighted by Crippen LogP contribution is 2.65. The largest absolute Gasteiger partial charge is 0.301 e. The van der Waals surface area contributed by atoms with Crippen LogP contribution in [-0.4, -0.2) is 11.6 Å².